The van der Waals surface area contributed by atoms with E-state index in [9.17, 15) is 0 Å². The summed E-state index contributed by atoms with van der Waals surface area (Å²) >= 11 is 0. The minimum atomic E-state index is 0.421. The Morgan fingerprint density at radius 1 is 1.20 bits per heavy atom. The second-order valence-corrected chi connectivity index (χ2v) is 5.71. The molecule has 1 unspecified atom stereocenters. The van der Waals surface area contributed by atoms with E-state index in [0.29, 0.717) is 6.04 Å². The van der Waals surface area contributed by atoms with Crippen LogP contribution in [0, 0.1) is 12.8 Å². The highest BCUT2D eigenvalue weighted by atomic mass is 16.5. The first-order valence-electron chi connectivity index (χ1n) is 7.65. The summed E-state index contributed by atoms with van der Waals surface area (Å²) in [5.74, 6) is 2.52. The molecule has 0 radical (unpaired) electrons. The van der Waals surface area contributed by atoms with Crippen molar-refractivity contribution in [3.63, 3.8) is 0 Å². The first-order valence-corrected chi connectivity index (χ1v) is 7.65. The van der Waals surface area contributed by atoms with E-state index in [-0.39, 0.29) is 0 Å². The summed E-state index contributed by atoms with van der Waals surface area (Å²) in [4.78, 5) is 0. The lowest BCUT2D eigenvalue weighted by atomic mass is 9.79. The average molecular weight is 277 g/mol. The van der Waals surface area contributed by atoms with E-state index in [4.69, 9.17) is 9.47 Å². The molecule has 112 valence electrons. The van der Waals surface area contributed by atoms with Crippen LogP contribution >= 0.6 is 0 Å². The van der Waals surface area contributed by atoms with Gasteiger partial charge in [0.05, 0.1) is 14.2 Å². The highest BCUT2D eigenvalue weighted by molar-refractivity contribution is 5.48. The molecule has 1 aromatic carbocycles. The highest BCUT2D eigenvalue weighted by Gasteiger charge is 2.24. The molecule has 3 heteroatoms. The standard InChI is InChI=1S/C17H27NO2/c1-5-18-15(10-13-7-6-8-13)14-11-17(20-4)16(19-3)9-12(14)2/h9,11,13,15,18H,5-8,10H2,1-4H3. The third-order valence-corrected chi connectivity index (χ3v) is 4.39. The predicted octanol–water partition coefficient (Wildman–Crippen LogP) is 3.85. The summed E-state index contributed by atoms with van der Waals surface area (Å²) in [6, 6.07) is 4.64. The van der Waals surface area contributed by atoms with Crippen LogP contribution < -0.4 is 14.8 Å². The van der Waals surface area contributed by atoms with Crippen LogP contribution in [0.1, 0.15) is 49.8 Å². The number of methoxy groups -OCH3 is 2. The normalized spacial score (nSPS) is 16.6. The third kappa shape index (κ3) is 3.26. The van der Waals surface area contributed by atoms with Gasteiger partial charge in [0, 0.05) is 6.04 Å². The Hall–Kier alpha value is -1.22. The van der Waals surface area contributed by atoms with Gasteiger partial charge in [0.15, 0.2) is 11.5 Å². The zero-order valence-corrected chi connectivity index (χ0v) is 13.2. The first-order chi connectivity index (χ1) is 9.69. The molecule has 0 spiro atoms. The van der Waals surface area contributed by atoms with E-state index in [1.807, 2.05) is 0 Å². The van der Waals surface area contributed by atoms with Crippen molar-refractivity contribution in [2.45, 2.75) is 45.6 Å². The van der Waals surface area contributed by atoms with Crippen molar-refractivity contribution < 1.29 is 9.47 Å². The SMILES string of the molecule is CCNC(CC1CCC1)c1cc(OC)c(OC)cc1C. The molecule has 1 N–H and O–H groups in total. The number of benzene rings is 1. The van der Waals surface area contributed by atoms with Crippen LogP contribution in [0.15, 0.2) is 12.1 Å². The molecule has 0 aliphatic heterocycles. The summed E-state index contributed by atoms with van der Waals surface area (Å²) in [6.07, 6.45) is 5.39. The molecule has 3 nitrogen and oxygen atoms in total. The number of ether oxygens (including phenoxy) is 2. The molecule has 0 bridgehead atoms. The third-order valence-electron chi connectivity index (χ3n) is 4.39. The molecule has 0 amide bonds. The van der Waals surface area contributed by atoms with E-state index in [1.54, 1.807) is 14.2 Å². The molecule has 1 atom stereocenters. The summed E-state index contributed by atoms with van der Waals surface area (Å²) in [7, 11) is 3.39. The molecule has 2 rings (SSSR count). The fourth-order valence-corrected chi connectivity index (χ4v) is 3.00. The zero-order chi connectivity index (χ0) is 14.5. The van der Waals surface area contributed by atoms with Crippen molar-refractivity contribution in [1.29, 1.82) is 0 Å². The van der Waals surface area contributed by atoms with E-state index >= 15 is 0 Å². The minimum absolute atomic E-state index is 0.421. The number of hydrogen-bond donors (Lipinski definition) is 1. The molecule has 1 saturated carbocycles. The highest BCUT2D eigenvalue weighted by Crippen LogP contribution is 2.38. The lowest BCUT2D eigenvalue weighted by molar-refractivity contribution is 0.261. The zero-order valence-electron chi connectivity index (χ0n) is 13.2. The molecule has 1 aliphatic carbocycles. The first kappa shape index (κ1) is 15.2. The van der Waals surface area contributed by atoms with Gasteiger partial charge >= 0.3 is 0 Å². The summed E-state index contributed by atoms with van der Waals surface area (Å²) in [6.45, 7) is 5.32. The van der Waals surface area contributed by atoms with Crippen LogP contribution in [-0.2, 0) is 0 Å². The largest absolute Gasteiger partial charge is 0.493 e. The van der Waals surface area contributed by atoms with Gasteiger partial charge in [-0.2, -0.15) is 0 Å². The molecule has 0 heterocycles. The Morgan fingerprint density at radius 2 is 1.85 bits per heavy atom. The average Bonchev–Trinajstić information content (AvgIpc) is 2.41. The maximum absolute atomic E-state index is 5.45. The summed E-state index contributed by atoms with van der Waals surface area (Å²) in [5.41, 5.74) is 2.62. The number of rotatable bonds is 7. The quantitative estimate of drug-likeness (QED) is 0.821. The van der Waals surface area contributed by atoms with Gasteiger partial charge in [0.1, 0.15) is 0 Å². The van der Waals surface area contributed by atoms with Crippen molar-refractivity contribution in [2.75, 3.05) is 20.8 Å². The van der Waals surface area contributed by atoms with Gasteiger partial charge in [-0.25, -0.2) is 0 Å². The van der Waals surface area contributed by atoms with Crippen LogP contribution in [0.5, 0.6) is 11.5 Å². The lowest BCUT2D eigenvalue weighted by Gasteiger charge is -2.31. The maximum Gasteiger partial charge on any atom is 0.161 e. The van der Waals surface area contributed by atoms with Crippen LogP contribution in [0.3, 0.4) is 0 Å². The van der Waals surface area contributed by atoms with Gasteiger partial charge in [-0.15, -0.1) is 0 Å². The van der Waals surface area contributed by atoms with Gasteiger partial charge in [0.2, 0.25) is 0 Å². The fourth-order valence-electron chi connectivity index (χ4n) is 3.00. The monoisotopic (exact) mass is 277 g/mol. The summed E-state index contributed by atoms with van der Waals surface area (Å²) in [5, 5.41) is 3.63. The molecule has 0 aromatic heterocycles. The topological polar surface area (TPSA) is 30.5 Å². The van der Waals surface area contributed by atoms with Crippen molar-refractivity contribution >= 4 is 0 Å². The van der Waals surface area contributed by atoms with E-state index in [1.165, 1.54) is 36.8 Å². The second-order valence-electron chi connectivity index (χ2n) is 5.71. The van der Waals surface area contributed by atoms with Crippen LogP contribution in [0.4, 0.5) is 0 Å². The van der Waals surface area contributed by atoms with E-state index in [2.05, 4.69) is 31.3 Å². The van der Waals surface area contributed by atoms with Crippen LogP contribution in [0.2, 0.25) is 0 Å². The van der Waals surface area contributed by atoms with Gasteiger partial charge < -0.3 is 14.8 Å². The number of aryl methyl sites for hydroxylation is 1. The van der Waals surface area contributed by atoms with E-state index in [0.717, 1.165) is 24.0 Å². The van der Waals surface area contributed by atoms with Crippen molar-refractivity contribution in [1.82, 2.24) is 5.32 Å². The Kier molecular flexibility index (Phi) is 5.30. The van der Waals surface area contributed by atoms with Crippen LogP contribution in [0.25, 0.3) is 0 Å². The lowest BCUT2D eigenvalue weighted by Crippen LogP contribution is -2.26. The molecule has 1 aliphatic rings. The Bertz CT molecular complexity index is 441. The number of hydrogen-bond acceptors (Lipinski definition) is 3. The van der Waals surface area contributed by atoms with Crippen molar-refractivity contribution in [3.8, 4) is 11.5 Å². The summed E-state index contributed by atoms with van der Waals surface area (Å²) < 4.78 is 10.8. The molecule has 1 fully saturated rings. The smallest absolute Gasteiger partial charge is 0.161 e. The minimum Gasteiger partial charge on any atom is -0.493 e. The molecule has 20 heavy (non-hydrogen) atoms. The fraction of sp³-hybridized carbons (Fsp3) is 0.647. The van der Waals surface area contributed by atoms with E-state index < -0.39 is 0 Å². The van der Waals surface area contributed by atoms with Gasteiger partial charge in [-0.1, -0.05) is 26.2 Å². The Morgan fingerprint density at radius 3 is 2.35 bits per heavy atom. The molecular weight excluding hydrogens is 250 g/mol. The number of nitrogens with one attached hydrogen (secondary N) is 1. The van der Waals surface area contributed by atoms with Crippen molar-refractivity contribution in [2.24, 2.45) is 5.92 Å². The van der Waals surface area contributed by atoms with Gasteiger partial charge in [0.25, 0.3) is 0 Å². The van der Waals surface area contributed by atoms with Crippen molar-refractivity contribution in [3.05, 3.63) is 23.3 Å². The van der Waals surface area contributed by atoms with Gasteiger partial charge in [-0.3, -0.25) is 0 Å². The Balaban J connectivity index is 2.25. The molecular formula is C17H27NO2. The second kappa shape index (κ2) is 6.98. The Labute approximate surface area is 122 Å². The van der Waals surface area contributed by atoms with Crippen LogP contribution in [-0.4, -0.2) is 20.8 Å². The predicted molar refractivity (Wildman–Crippen MR) is 82.7 cm³/mol. The molecule has 0 saturated heterocycles. The van der Waals surface area contributed by atoms with Gasteiger partial charge in [-0.05, 0) is 49.1 Å². The molecule has 1 aromatic rings. The maximum atomic E-state index is 5.45.